The predicted molar refractivity (Wildman–Crippen MR) is 53.0 cm³/mol. The van der Waals surface area contributed by atoms with Crippen molar-refractivity contribution in [2.24, 2.45) is 0 Å². The van der Waals surface area contributed by atoms with Gasteiger partial charge >= 0.3 is 0 Å². The fourth-order valence-corrected chi connectivity index (χ4v) is 1.89. The predicted octanol–water partition coefficient (Wildman–Crippen LogP) is 1.94. The van der Waals surface area contributed by atoms with Crippen molar-refractivity contribution in [2.75, 3.05) is 7.05 Å². The molecule has 0 atom stereocenters. The Balaban J connectivity index is 2.58. The molecule has 1 aromatic carbocycles. The smallest absolute Gasteiger partial charge is 0.277 e. The second-order valence-corrected chi connectivity index (χ2v) is 3.72. The Morgan fingerprint density at radius 3 is 2.67 bits per heavy atom. The highest BCUT2D eigenvalue weighted by Crippen LogP contribution is 2.49. The third-order valence-electron chi connectivity index (χ3n) is 2.90. The van der Waals surface area contributed by atoms with Gasteiger partial charge in [0.25, 0.3) is 5.69 Å². The molecule has 15 heavy (non-hydrogen) atoms. The minimum absolute atomic E-state index is 0.137. The maximum absolute atomic E-state index is 13.6. The lowest BCUT2D eigenvalue weighted by Gasteiger charge is -2.15. The zero-order valence-electron chi connectivity index (χ0n) is 8.29. The van der Waals surface area contributed by atoms with Crippen molar-refractivity contribution in [3.05, 3.63) is 39.7 Å². The van der Waals surface area contributed by atoms with E-state index in [9.17, 15) is 14.5 Å². The Hall–Kier alpha value is -1.49. The molecule has 4 nitrogen and oxygen atoms in total. The van der Waals surface area contributed by atoms with E-state index in [4.69, 9.17) is 0 Å². The topological polar surface area (TPSA) is 55.2 Å². The lowest BCUT2D eigenvalue weighted by atomic mass is 10.0. The maximum atomic E-state index is 13.6. The third kappa shape index (κ3) is 1.48. The summed E-state index contributed by atoms with van der Waals surface area (Å²) in [6, 6.07) is 3.97. The molecule has 1 aliphatic carbocycles. The van der Waals surface area contributed by atoms with Gasteiger partial charge in [-0.3, -0.25) is 10.1 Å². The first-order valence-electron chi connectivity index (χ1n) is 4.73. The molecule has 0 aliphatic heterocycles. The number of nitrogens with zero attached hydrogens (tertiary/aromatic N) is 1. The van der Waals surface area contributed by atoms with Gasteiger partial charge in [-0.05, 0) is 26.0 Å². The second-order valence-electron chi connectivity index (χ2n) is 3.72. The number of nitro benzene ring substituents is 1. The Kier molecular flexibility index (Phi) is 2.19. The molecule has 2 rings (SSSR count). The van der Waals surface area contributed by atoms with Crippen molar-refractivity contribution >= 4 is 5.69 Å². The van der Waals surface area contributed by atoms with E-state index < -0.39 is 16.3 Å². The van der Waals surface area contributed by atoms with Crippen LogP contribution >= 0.6 is 0 Å². The van der Waals surface area contributed by atoms with E-state index >= 15 is 0 Å². The SMILES string of the molecule is CNC1(c2c(F)cccc2[N+](=O)[O-])CC1. The Labute approximate surface area is 86.3 Å². The van der Waals surface area contributed by atoms with Crippen molar-refractivity contribution in [1.82, 2.24) is 5.32 Å². The summed E-state index contributed by atoms with van der Waals surface area (Å²) in [5.41, 5.74) is -0.465. The van der Waals surface area contributed by atoms with Gasteiger partial charge in [-0.1, -0.05) is 6.07 Å². The normalized spacial score (nSPS) is 17.5. The molecule has 0 radical (unpaired) electrons. The van der Waals surface area contributed by atoms with Gasteiger partial charge < -0.3 is 5.32 Å². The Morgan fingerprint density at radius 2 is 2.20 bits per heavy atom. The largest absolute Gasteiger partial charge is 0.310 e. The summed E-state index contributed by atoms with van der Waals surface area (Å²) < 4.78 is 13.6. The summed E-state index contributed by atoms with van der Waals surface area (Å²) in [7, 11) is 1.70. The minimum Gasteiger partial charge on any atom is -0.310 e. The zero-order chi connectivity index (χ0) is 11.1. The van der Waals surface area contributed by atoms with Gasteiger partial charge in [0.2, 0.25) is 0 Å². The van der Waals surface area contributed by atoms with Gasteiger partial charge in [-0.2, -0.15) is 0 Å². The zero-order valence-corrected chi connectivity index (χ0v) is 8.29. The fourth-order valence-electron chi connectivity index (χ4n) is 1.89. The van der Waals surface area contributed by atoms with Crippen molar-refractivity contribution in [2.45, 2.75) is 18.4 Å². The number of rotatable bonds is 3. The molecule has 5 heteroatoms. The summed E-state index contributed by atoms with van der Waals surface area (Å²) >= 11 is 0. The van der Waals surface area contributed by atoms with Crippen LogP contribution in [0.4, 0.5) is 10.1 Å². The first kappa shape index (κ1) is 10.0. The monoisotopic (exact) mass is 210 g/mol. The van der Waals surface area contributed by atoms with Crippen LogP contribution in [0.15, 0.2) is 18.2 Å². The molecule has 0 unspecified atom stereocenters. The minimum atomic E-state index is -0.532. The van der Waals surface area contributed by atoms with E-state index in [-0.39, 0.29) is 11.3 Å². The lowest BCUT2D eigenvalue weighted by molar-refractivity contribution is -0.386. The molecular weight excluding hydrogens is 199 g/mol. The van der Waals surface area contributed by atoms with Gasteiger partial charge in [-0.25, -0.2) is 4.39 Å². The first-order chi connectivity index (χ1) is 7.10. The highest BCUT2D eigenvalue weighted by Gasteiger charge is 2.48. The van der Waals surface area contributed by atoms with Gasteiger partial charge in [0, 0.05) is 6.07 Å². The Bertz CT molecular complexity index is 416. The molecule has 1 aromatic rings. The summed E-state index contributed by atoms with van der Waals surface area (Å²) in [6.45, 7) is 0. The maximum Gasteiger partial charge on any atom is 0.277 e. The summed E-state index contributed by atoms with van der Waals surface area (Å²) in [6.07, 6.45) is 1.48. The van der Waals surface area contributed by atoms with E-state index in [1.54, 1.807) is 7.05 Å². The number of hydrogen-bond donors (Lipinski definition) is 1. The Morgan fingerprint density at radius 1 is 1.53 bits per heavy atom. The van der Waals surface area contributed by atoms with Crippen LogP contribution in [0, 0.1) is 15.9 Å². The molecule has 0 aromatic heterocycles. The lowest BCUT2D eigenvalue weighted by Crippen LogP contribution is -2.26. The quantitative estimate of drug-likeness (QED) is 0.612. The summed E-state index contributed by atoms with van der Waals surface area (Å²) in [5, 5.41) is 13.7. The molecule has 1 fully saturated rings. The standard InChI is InChI=1S/C10H11FN2O2/c1-12-10(5-6-10)9-7(11)3-2-4-8(9)13(14)15/h2-4,12H,5-6H2,1H3. The van der Waals surface area contributed by atoms with Crippen LogP contribution < -0.4 is 5.32 Å². The van der Waals surface area contributed by atoms with Crippen LogP contribution in [-0.4, -0.2) is 12.0 Å². The van der Waals surface area contributed by atoms with Crippen molar-refractivity contribution in [3.63, 3.8) is 0 Å². The van der Waals surface area contributed by atoms with Gasteiger partial charge in [0.1, 0.15) is 5.82 Å². The second kappa shape index (κ2) is 3.27. The number of nitro groups is 1. The molecule has 0 amide bonds. The average molecular weight is 210 g/mol. The number of halogens is 1. The van der Waals surface area contributed by atoms with E-state index in [1.165, 1.54) is 18.2 Å². The molecule has 1 saturated carbocycles. The molecule has 1 N–H and O–H groups in total. The molecule has 0 saturated heterocycles. The third-order valence-corrected chi connectivity index (χ3v) is 2.90. The van der Waals surface area contributed by atoms with Crippen molar-refractivity contribution in [1.29, 1.82) is 0 Å². The van der Waals surface area contributed by atoms with E-state index in [0.717, 1.165) is 12.8 Å². The van der Waals surface area contributed by atoms with Crippen LogP contribution in [0.3, 0.4) is 0 Å². The number of benzene rings is 1. The molecule has 0 spiro atoms. The molecule has 80 valence electrons. The van der Waals surface area contributed by atoms with Crippen LogP contribution in [0.5, 0.6) is 0 Å². The van der Waals surface area contributed by atoms with Crippen LogP contribution in [0.2, 0.25) is 0 Å². The van der Waals surface area contributed by atoms with Crippen LogP contribution in [0.1, 0.15) is 18.4 Å². The van der Waals surface area contributed by atoms with Gasteiger partial charge in [0.15, 0.2) is 0 Å². The average Bonchev–Trinajstić information content (AvgIpc) is 2.98. The summed E-state index contributed by atoms with van der Waals surface area (Å²) in [5.74, 6) is -0.504. The highest BCUT2D eigenvalue weighted by atomic mass is 19.1. The molecule has 0 bridgehead atoms. The molecule has 1 aliphatic rings. The van der Waals surface area contributed by atoms with E-state index in [0.29, 0.717) is 0 Å². The highest BCUT2D eigenvalue weighted by molar-refractivity contribution is 5.48. The van der Waals surface area contributed by atoms with Crippen molar-refractivity contribution < 1.29 is 9.31 Å². The van der Waals surface area contributed by atoms with Crippen molar-refractivity contribution in [3.8, 4) is 0 Å². The van der Waals surface area contributed by atoms with Crippen LogP contribution in [-0.2, 0) is 5.54 Å². The van der Waals surface area contributed by atoms with E-state index in [2.05, 4.69) is 5.32 Å². The van der Waals surface area contributed by atoms with Crippen LogP contribution in [0.25, 0.3) is 0 Å². The number of hydrogen-bond acceptors (Lipinski definition) is 3. The van der Waals surface area contributed by atoms with E-state index in [1.807, 2.05) is 0 Å². The van der Waals surface area contributed by atoms with Gasteiger partial charge in [-0.15, -0.1) is 0 Å². The fraction of sp³-hybridized carbons (Fsp3) is 0.400. The molecule has 0 heterocycles. The number of nitrogens with one attached hydrogen (secondary N) is 1. The first-order valence-corrected chi connectivity index (χ1v) is 4.73. The van der Waals surface area contributed by atoms with Gasteiger partial charge in [0.05, 0.1) is 16.0 Å². The molecular formula is C10H11FN2O2. The summed E-state index contributed by atoms with van der Waals surface area (Å²) in [4.78, 5) is 10.2.